The normalized spacial score (nSPS) is 9.82. The summed E-state index contributed by atoms with van der Waals surface area (Å²) >= 11 is 4.89. The fraction of sp³-hybridized carbons (Fsp3) is 0.233. The molecule has 0 bridgehead atoms. The van der Waals surface area contributed by atoms with Gasteiger partial charge in [0, 0.05) is 17.7 Å². The van der Waals surface area contributed by atoms with Gasteiger partial charge in [0.1, 0.15) is 45.8 Å². The van der Waals surface area contributed by atoms with Gasteiger partial charge in [-0.25, -0.2) is 22.5 Å². The van der Waals surface area contributed by atoms with Gasteiger partial charge in [0.15, 0.2) is 5.89 Å². The van der Waals surface area contributed by atoms with Crippen LogP contribution in [0.2, 0.25) is 0 Å². The number of aryl methyl sites for hydroxylation is 2. The van der Waals surface area contributed by atoms with Crippen molar-refractivity contribution in [1.29, 1.82) is 0 Å². The molecule has 0 aliphatic heterocycles. The van der Waals surface area contributed by atoms with Crippen molar-refractivity contribution >= 4 is 28.4 Å². The average Bonchev–Trinajstić information content (AvgIpc) is 3.26. The number of benzene rings is 3. The highest BCUT2D eigenvalue weighted by molar-refractivity contribution is 6.67. The van der Waals surface area contributed by atoms with Gasteiger partial charge in [-0.15, -0.1) is 0 Å². The molecule has 0 spiro atoms. The van der Waals surface area contributed by atoms with Gasteiger partial charge in [0.2, 0.25) is 0 Å². The Balaban J connectivity index is 0.000000481. The molecule has 1 aromatic heterocycles. The molecular weight excluding hydrogens is 548 g/mol. The third-order valence-corrected chi connectivity index (χ3v) is 5.26. The van der Waals surface area contributed by atoms with E-state index in [0.717, 1.165) is 60.2 Å². The number of carbonyl (C=O) groups is 2. The molecule has 1 N–H and O–H groups in total. The van der Waals surface area contributed by atoms with Crippen molar-refractivity contribution in [3.05, 3.63) is 107 Å². The molecule has 0 unspecified atom stereocenters. The first-order valence-electron chi connectivity index (χ1n) is 12.1. The predicted molar refractivity (Wildman–Crippen MR) is 150 cm³/mol. The Kier molecular flexibility index (Phi) is 13.8. The van der Waals surface area contributed by atoms with Crippen LogP contribution in [0, 0.1) is 30.2 Å². The maximum absolute atomic E-state index is 13.7. The molecule has 40 heavy (non-hydrogen) atoms. The van der Waals surface area contributed by atoms with Crippen molar-refractivity contribution in [2.75, 3.05) is 5.32 Å². The van der Waals surface area contributed by atoms with Gasteiger partial charge in [-0.3, -0.25) is 9.59 Å². The minimum Gasteiger partial charge on any atom is -0.445 e. The summed E-state index contributed by atoms with van der Waals surface area (Å²) in [6.45, 7) is 7.90. The fourth-order valence-corrected chi connectivity index (χ4v) is 3.53. The molecule has 10 heteroatoms. The van der Waals surface area contributed by atoms with Crippen LogP contribution >= 0.6 is 11.6 Å². The fourth-order valence-electron chi connectivity index (χ4n) is 3.35. The van der Waals surface area contributed by atoms with Crippen LogP contribution in [0.4, 0.5) is 23.2 Å². The molecule has 4 aromatic rings. The SMILES string of the molecule is C.CC.CCCc1nc(-c2ccc(NC(=O)c3c(F)cccc3F)cc2)c(C)o1.O=C(Cl)c1c(F)cccc1F. The molecule has 4 rings (SSSR count). The average molecular weight is 579 g/mol. The van der Waals surface area contributed by atoms with Gasteiger partial charge in [0.05, 0.1) is 0 Å². The monoisotopic (exact) mass is 578 g/mol. The molecule has 0 fully saturated rings. The third kappa shape index (κ3) is 8.77. The topological polar surface area (TPSA) is 72.2 Å². The zero-order chi connectivity index (χ0) is 29.1. The second-order valence-electron chi connectivity index (χ2n) is 7.76. The summed E-state index contributed by atoms with van der Waals surface area (Å²) in [5.74, 6) is -3.11. The van der Waals surface area contributed by atoms with Gasteiger partial charge < -0.3 is 9.73 Å². The molecule has 0 atom stereocenters. The lowest BCUT2D eigenvalue weighted by atomic mass is 10.1. The van der Waals surface area contributed by atoms with Gasteiger partial charge in [-0.1, -0.05) is 52.5 Å². The molecule has 214 valence electrons. The summed E-state index contributed by atoms with van der Waals surface area (Å²) in [6, 6.07) is 13.3. The Bertz CT molecular complexity index is 1380. The van der Waals surface area contributed by atoms with Crippen molar-refractivity contribution in [2.24, 2.45) is 0 Å². The largest absolute Gasteiger partial charge is 0.445 e. The first-order chi connectivity index (χ1) is 18.6. The first kappa shape index (κ1) is 34.0. The van der Waals surface area contributed by atoms with Crippen molar-refractivity contribution in [2.45, 2.75) is 48.0 Å². The van der Waals surface area contributed by atoms with Crippen molar-refractivity contribution < 1.29 is 31.6 Å². The van der Waals surface area contributed by atoms with Crippen LogP contribution in [0.3, 0.4) is 0 Å². The van der Waals surface area contributed by atoms with E-state index in [0.29, 0.717) is 11.6 Å². The van der Waals surface area contributed by atoms with Crippen molar-refractivity contribution in [1.82, 2.24) is 4.98 Å². The standard InChI is InChI=1S/C20H18F2N2O2.C7H3ClF2O.C2H6.CH4/c1-3-5-17-24-19(12(2)26-17)13-8-10-14(11-9-13)23-20(25)18-15(21)6-4-7-16(18)22;8-7(11)6-4(9)2-1-3-5(6)10;1-2;/h4,6-11H,3,5H2,1-2H3,(H,23,25);1-3H;1-2H3;1H4. The summed E-state index contributed by atoms with van der Waals surface area (Å²) < 4.78 is 58.1. The van der Waals surface area contributed by atoms with Crippen LogP contribution in [0.1, 0.15) is 67.0 Å². The van der Waals surface area contributed by atoms with Crippen LogP contribution in [-0.2, 0) is 6.42 Å². The highest BCUT2D eigenvalue weighted by Crippen LogP contribution is 2.26. The van der Waals surface area contributed by atoms with Gasteiger partial charge >= 0.3 is 0 Å². The Morgan fingerprint density at radius 3 is 1.75 bits per heavy atom. The second-order valence-corrected chi connectivity index (χ2v) is 8.10. The molecule has 0 aliphatic rings. The highest BCUT2D eigenvalue weighted by atomic mass is 35.5. The Morgan fingerprint density at radius 2 is 1.32 bits per heavy atom. The van der Waals surface area contributed by atoms with E-state index in [2.05, 4.69) is 17.2 Å². The number of rotatable bonds is 6. The number of nitrogens with one attached hydrogen (secondary N) is 1. The predicted octanol–water partition coefficient (Wildman–Crippen LogP) is 9.14. The van der Waals surface area contributed by atoms with Crippen molar-refractivity contribution in [3.63, 3.8) is 0 Å². The summed E-state index contributed by atoms with van der Waals surface area (Å²) in [7, 11) is 0. The zero-order valence-corrected chi connectivity index (χ0v) is 22.5. The van der Waals surface area contributed by atoms with E-state index in [1.165, 1.54) is 6.07 Å². The van der Waals surface area contributed by atoms with Crippen LogP contribution in [-0.4, -0.2) is 16.1 Å². The Labute approximate surface area is 236 Å². The van der Waals surface area contributed by atoms with E-state index < -0.39 is 45.5 Å². The lowest BCUT2D eigenvalue weighted by Gasteiger charge is -2.07. The molecule has 1 amide bonds. The van der Waals surface area contributed by atoms with E-state index in [-0.39, 0.29) is 7.43 Å². The number of anilines is 1. The van der Waals surface area contributed by atoms with E-state index >= 15 is 0 Å². The molecule has 0 saturated carbocycles. The molecule has 3 aromatic carbocycles. The molecule has 5 nitrogen and oxygen atoms in total. The number of aromatic nitrogens is 1. The molecular formula is C30H31ClF4N2O3. The summed E-state index contributed by atoms with van der Waals surface area (Å²) in [5, 5.41) is 1.37. The molecule has 0 aliphatic carbocycles. The van der Waals surface area contributed by atoms with Crippen LogP contribution in [0.15, 0.2) is 65.1 Å². The summed E-state index contributed by atoms with van der Waals surface area (Å²) in [5.41, 5.74) is 0.703. The van der Waals surface area contributed by atoms with Gasteiger partial charge in [0.25, 0.3) is 11.1 Å². The number of nitrogens with zero attached hydrogens (tertiary/aromatic N) is 1. The maximum Gasteiger partial charge on any atom is 0.261 e. The zero-order valence-electron chi connectivity index (χ0n) is 21.7. The van der Waals surface area contributed by atoms with E-state index in [4.69, 9.17) is 16.0 Å². The highest BCUT2D eigenvalue weighted by Gasteiger charge is 2.18. The smallest absolute Gasteiger partial charge is 0.261 e. The Morgan fingerprint density at radius 1 is 0.850 bits per heavy atom. The molecule has 0 saturated heterocycles. The number of oxazole rings is 1. The van der Waals surface area contributed by atoms with Gasteiger partial charge in [-0.05, 0) is 61.3 Å². The minimum absolute atomic E-state index is 0. The third-order valence-electron chi connectivity index (χ3n) is 5.07. The van der Waals surface area contributed by atoms with E-state index in [9.17, 15) is 27.2 Å². The Hall–Kier alpha value is -3.98. The second kappa shape index (κ2) is 16.2. The van der Waals surface area contributed by atoms with Crippen molar-refractivity contribution in [3.8, 4) is 11.3 Å². The number of halogens is 5. The molecule has 0 radical (unpaired) electrons. The number of hydrogen-bond donors (Lipinski definition) is 1. The lowest BCUT2D eigenvalue weighted by Crippen LogP contribution is -2.15. The number of amides is 1. The summed E-state index contributed by atoms with van der Waals surface area (Å²) in [6.07, 6.45) is 1.71. The van der Waals surface area contributed by atoms with Crippen LogP contribution in [0.25, 0.3) is 11.3 Å². The van der Waals surface area contributed by atoms with E-state index in [1.807, 2.05) is 20.8 Å². The quantitative estimate of drug-likeness (QED) is 0.183. The van der Waals surface area contributed by atoms with Gasteiger partial charge in [-0.2, -0.15) is 0 Å². The maximum atomic E-state index is 13.7. The molecule has 1 heterocycles. The number of carbonyl (C=O) groups excluding carboxylic acids is 2. The minimum atomic E-state index is -1.12. The summed E-state index contributed by atoms with van der Waals surface area (Å²) in [4.78, 5) is 27.0. The van der Waals surface area contributed by atoms with E-state index in [1.54, 1.807) is 24.3 Å². The first-order valence-corrected chi connectivity index (χ1v) is 12.5. The number of hydrogen-bond acceptors (Lipinski definition) is 4. The lowest BCUT2D eigenvalue weighted by molar-refractivity contribution is 0.101. The van der Waals surface area contributed by atoms with Crippen LogP contribution in [0.5, 0.6) is 0 Å². The van der Waals surface area contributed by atoms with Crippen LogP contribution < -0.4 is 5.32 Å².